The van der Waals surface area contributed by atoms with Gasteiger partial charge in [-0.3, -0.25) is 10.1 Å². The molecule has 0 radical (unpaired) electrons. The van der Waals surface area contributed by atoms with E-state index < -0.39 is 6.17 Å². The van der Waals surface area contributed by atoms with Crippen LogP contribution in [0, 0.1) is 11.3 Å². The maximum Gasteiger partial charge on any atom is 0.216 e. The minimum absolute atomic E-state index is 0.0272. The number of rotatable bonds is 19. The quantitative estimate of drug-likeness (QED) is 0.150. The van der Waals surface area contributed by atoms with Crippen molar-refractivity contribution in [2.75, 3.05) is 52.7 Å². The van der Waals surface area contributed by atoms with E-state index in [1.807, 2.05) is 36.4 Å². The first-order valence-electron chi connectivity index (χ1n) is 15.7. The number of amides is 1. The molecule has 1 heterocycles. The Kier molecular flexibility index (Phi) is 15.3. The van der Waals surface area contributed by atoms with Crippen molar-refractivity contribution >= 4 is 28.5 Å². The number of carbonyl (C=O) groups excluding carboxylic acids is 1. The van der Waals surface area contributed by atoms with Gasteiger partial charge in [-0.1, -0.05) is 96.7 Å². The first-order chi connectivity index (χ1) is 22.6. The summed E-state index contributed by atoms with van der Waals surface area (Å²) in [5.74, 6) is 0.739. The van der Waals surface area contributed by atoms with E-state index >= 15 is 0 Å². The van der Waals surface area contributed by atoms with Gasteiger partial charge in [0.25, 0.3) is 0 Å². The summed E-state index contributed by atoms with van der Waals surface area (Å²) >= 11 is 1.62. The Balaban J connectivity index is 1.25. The number of benzene rings is 3. The van der Waals surface area contributed by atoms with Crippen LogP contribution in [0.5, 0.6) is 0 Å². The molecule has 242 valence electrons. The highest BCUT2D eigenvalue weighted by molar-refractivity contribution is 8.13. The molecule has 1 atom stereocenters. The molecular weight excluding hydrogens is 598 g/mol. The van der Waals surface area contributed by atoms with E-state index in [4.69, 9.17) is 19.2 Å². The predicted molar refractivity (Wildman–Crippen MR) is 185 cm³/mol. The summed E-state index contributed by atoms with van der Waals surface area (Å²) in [7, 11) is 0. The molecule has 0 bridgehead atoms. The normalized spacial score (nSPS) is 14.3. The molecule has 1 aliphatic heterocycles. The number of ether oxygens (including phenoxy) is 3. The number of nitriles is 1. The van der Waals surface area contributed by atoms with E-state index in [0.717, 1.165) is 46.1 Å². The summed E-state index contributed by atoms with van der Waals surface area (Å²) in [5.41, 5.74) is 5.75. The van der Waals surface area contributed by atoms with Crippen LogP contribution in [0.3, 0.4) is 0 Å². The van der Waals surface area contributed by atoms with Crippen LogP contribution in [0.25, 0.3) is 16.8 Å². The molecule has 0 aromatic heterocycles. The first kappa shape index (κ1) is 34.9. The van der Waals surface area contributed by atoms with E-state index in [1.54, 1.807) is 11.8 Å². The number of hydrogen-bond acceptors (Lipinski definition) is 9. The second kappa shape index (κ2) is 20.2. The number of thioether (sulfide) groups is 1. The largest absolute Gasteiger partial charge is 0.379 e. The van der Waals surface area contributed by atoms with Crippen molar-refractivity contribution in [1.82, 2.24) is 16.0 Å². The van der Waals surface area contributed by atoms with E-state index in [9.17, 15) is 10.1 Å². The lowest BCUT2D eigenvalue weighted by atomic mass is 10.00. The molecule has 0 saturated carbocycles. The second-order valence-electron chi connectivity index (χ2n) is 10.6. The second-order valence-corrected chi connectivity index (χ2v) is 11.5. The molecule has 3 aromatic rings. The molecule has 0 spiro atoms. The Morgan fingerprint density at radius 2 is 1.37 bits per heavy atom. The van der Waals surface area contributed by atoms with Crippen molar-refractivity contribution in [3.8, 4) is 17.2 Å². The van der Waals surface area contributed by atoms with E-state index in [0.29, 0.717) is 58.3 Å². The zero-order chi connectivity index (χ0) is 32.2. The van der Waals surface area contributed by atoms with Crippen LogP contribution in [0.1, 0.15) is 30.9 Å². The fourth-order valence-corrected chi connectivity index (χ4v) is 5.52. The molecule has 10 heteroatoms. The number of nitrogens with zero attached hydrogens (tertiary/aromatic N) is 2. The average Bonchev–Trinajstić information content (AvgIpc) is 3.09. The third-order valence-electron chi connectivity index (χ3n) is 7.03. The lowest BCUT2D eigenvalue weighted by Gasteiger charge is -2.26. The van der Waals surface area contributed by atoms with Crippen LogP contribution < -0.4 is 16.0 Å². The van der Waals surface area contributed by atoms with Crippen molar-refractivity contribution in [3.05, 3.63) is 102 Å². The van der Waals surface area contributed by atoms with Gasteiger partial charge < -0.3 is 24.8 Å². The van der Waals surface area contributed by atoms with E-state index in [-0.39, 0.29) is 5.91 Å². The minimum atomic E-state index is -0.463. The summed E-state index contributed by atoms with van der Waals surface area (Å²) in [6.07, 6.45) is 1.08. The lowest BCUT2D eigenvalue weighted by Crippen LogP contribution is -2.38. The van der Waals surface area contributed by atoms with Crippen LogP contribution in [0.2, 0.25) is 0 Å². The van der Waals surface area contributed by atoms with Gasteiger partial charge in [-0.15, -0.1) is 0 Å². The van der Waals surface area contributed by atoms with Crippen molar-refractivity contribution in [1.29, 1.82) is 5.26 Å². The fraction of sp³-hybridized carbons (Fsp3) is 0.361. The van der Waals surface area contributed by atoms with Gasteiger partial charge in [0.05, 0.1) is 37.7 Å². The highest BCUT2D eigenvalue weighted by Crippen LogP contribution is 2.28. The summed E-state index contributed by atoms with van der Waals surface area (Å²) in [5, 5.41) is 20.7. The van der Waals surface area contributed by atoms with Gasteiger partial charge in [0, 0.05) is 32.4 Å². The van der Waals surface area contributed by atoms with Gasteiger partial charge in [-0.25, -0.2) is 4.99 Å². The summed E-state index contributed by atoms with van der Waals surface area (Å²) in [4.78, 5) is 15.7. The third-order valence-corrected chi connectivity index (χ3v) is 7.99. The molecule has 0 saturated heterocycles. The Hall–Kier alpha value is -3.98. The van der Waals surface area contributed by atoms with Crippen LogP contribution in [0.15, 0.2) is 95.5 Å². The maximum atomic E-state index is 10.8. The van der Waals surface area contributed by atoms with Crippen LogP contribution >= 0.6 is 11.8 Å². The molecule has 1 aliphatic rings. The van der Waals surface area contributed by atoms with Crippen LogP contribution in [-0.4, -0.2) is 70.0 Å². The summed E-state index contributed by atoms with van der Waals surface area (Å²) in [6, 6.07) is 31.2. The Bertz CT molecular complexity index is 1440. The molecule has 3 aromatic carbocycles. The van der Waals surface area contributed by atoms with Crippen molar-refractivity contribution in [2.45, 2.75) is 31.7 Å². The Labute approximate surface area is 276 Å². The predicted octanol–water partition coefficient (Wildman–Crippen LogP) is 5.36. The van der Waals surface area contributed by atoms with Gasteiger partial charge in [-0.05, 0) is 41.6 Å². The number of hydrogen-bond donors (Lipinski definition) is 3. The molecule has 4 rings (SSSR count). The number of amidine groups is 1. The monoisotopic (exact) mass is 641 g/mol. The fourth-order valence-electron chi connectivity index (χ4n) is 4.67. The molecule has 0 fully saturated rings. The molecule has 1 amide bonds. The highest BCUT2D eigenvalue weighted by Gasteiger charge is 2.25. The van der Waals surface area contributed by atoms with Gasteiger partial charge >= 0.3 is 0 Å². The van der Waals surface area contributed by atoms with Crippen molar-refractivity contribution < 1.29 is 19.0 Å². The van der Waals surface area contributed by atoms with Crippen molar-refractivity contribution in [3.63, 3.8) is 0 Å². The SMILES string of the molecule is CC(=O)NCCCOCCOCCOCCCNC1N=C(SCc2ccccc2)NC(c2ccc(-c3ccccc3)cc2)=C1C#N. The molecule has 1 unspecified atom stereocenters. The molecule has 3 N–H and O–H groups in total. The van der Waals surface area contributed by atoms with Gasteiger partial charge in [0.1, 0.15) is 12.2 Å². The van der Waals surface area contributed by atoms with Gasteiger partial charge in [0.2, 0.25) is 5.91 Å². The van der Waals surface area contributed by atoms with Crippen LogP contribution in [0.4, 0.5) is 0 Å². The van der Waals surface area contributed by atoms with E-state index in [1.165, 1.54) is 12.5 Å². The molecule has 9 nitrogen and oxygen atoms in total. The summed E-state index contributed by atoms with van der Waals surface area (Å²) < 4.78 is 16.8. The van der Waals surface area contributed by atoms with Crippen molar-refractivity contribution in [2.24, 2.45) is 4.99 Å². The zero-order valence-corrected chi connectivity index (χ0v) is 27.2. The van der Waals surface area contributed by atoms with E-state index in [2.05, 4.69) is 70.6 Å². The number of aliphatic imine (C=N–C) groups is 1. The summed E-state index contributed by atoms with van der Waals surface area (Å²) in [6.45, 7) is 5.94. The third kappa shape index (κ3) is 12.1. The zero-order valence-electron chi connectivity index (χ0n) is 26.4. The lowest BCUT2D eigenvalue weighted by molar-refractivity contribution is -0.119. The topological polar surface area (TPSA) is 117 Å². The molecule has 46 heavy (non-hydrogen) atoms. The van der Waals surface area contributed by atoms with Crippen LogP contribution in [-0.2, 0) is 24.8 Å². The smallest absolute Gasteiger partial charge is 0.216 e. The standard InChI is InChI=1S/C36H43N5O4S/c1-28(42)38-18-8-20-43-22-24-45-25-23-44-21-9-19-39-35-33(26-37)34(40-36(41-35)46-27-29-10-4-2-5-11-29)32-16-14-31(15-17-32)30-12-6-3-7-13-30/h2-7,10-17,35,39H,8-9,18-25,27H2,1H3,(H,38,42)(H,40,41). The highest BCUT2D eigenvalue weighted by atomic mass is 32.2. The number of carbonyl (C=O) groups is 1. The van der Waals surface area contributed by atoms with Gasteiger partial charge in [-0.2, -0.15) is 5.26 Å². The minimum Gasteiger partial charge on any atom is -0.379 e. The maximum absolute atomic E-state index is 10.8. The van der Waals surface area contributed by atoms with Gasteiger partial charge in [0.15, 0.2) is 5.17 Å². The molecular formula is C36H43N5O4S. The average molecular weight is 642 g/mol. The Morgan fingerprint density at radius 1 is 0.804 bits per heavy atom. The Morgan fingerprint density at radius 3 is 2.00 bits per heavy atom. The number of nitrogens with one attached hydrogen (secondary N) is 3. The molecule has 0 aliphatic carbocycles. The first-order valence-corrected chi connectivity index (χ1v) is 16.7.